The molecule has 130 valence electrons. The molecule has 0 radical (unpaired) electrons. The number of benzene rings is 1. The van der Waals surface area contributed by atoms with Gasteiger partial charge in [0.1, 0.15) is 0 Å². The summed E-state index contributed by atoms with van der Waals surface area (Å²) in [5.74, 6) is -2.84. The fourth-order valence-corrected chi connectivity index (χ4v) is 3.67. The standard InChI is InChI=1S/C18H21F2NO3/c19-15-6-4-11(9-16(15)20)13-10-14(13)18(24)21-8-2-1-3-12(21)5-7-17(22)23/h4,6,9,12-14H,1-3,5,7-8,10H2,(H,22,23)/t12-,13+,14+/m0/s1. The van der Waals surface area contributed by atoms with E-state index in [1.165, 1.54) is 12.1 Å². The van der Waals surface area contributed by atoms with Crippen LogP contribution in [0.5, 0.6) is 0 Å². The molecule has 0 aromatic heterocycles. The van der Waals surface area contributed by atoms with E-state index in [9.17, 15) is 18.4 Å². The van der Waals surface area contributed by atoms with E-state index >= 15 is 0 Å². The molecule has 24 heavy (non-hydrogen) atoms. The molecule has 1 aliphatic carbocycles. The Kier molecular flexibility index (Phi) is 4.83. The number of carbonyl (C=O) groups is 2. The highest BCUT2D eigenvalue weighted by atomic mass is 19.2. The Balaban J connectivity index is 1.65. The third kappa shape index (κ3) is 3.57. The van der Waals surface area contributed by atoms with E-state index in [1.54, 1.807) is 0 Å². The fourth-order valence-electron chi connectivity index (χ4n) is 3.67. The second-order valence-corrected chi connectivity index (χ2v) is 6.74. The summed E-state index contributed by atoms with van der Waals surface area (Å²) in [5.41, 5.74) is 0.659. The number of carboxylic acids is 1. The van der Waals surface area contributed by atoms with Gasteiger partial charge in [-0.1, -0.05) is 6.07 Å². The molecule has 0 unspecified atom stereocenters. The van der Waals surface area contributed by atoms with Gasteiger partial charge in [-0.3, -0.25) is 9.59 Å². The molecule has 1 amide bonds. The van der Waals surface area contributed by atoms with Gasteiger partial charge in [0.25, 0.3) is 0 Å². The van der Waals surface area contributed by atoms with E-state index < -0.39 is 17.6 Å². The number of carbonyl (C=O) groups excluding carboxylic acids is 1. The summed E-state index contributed by atoms with van der Waals surface area (Å²) in [4.78, 5) is 25.4. The number of piperidine rings is 1. The minimum atomic E-state index is -0.886. The molecular formula is C18H21F2NO3. The molecule has 0 spiro atoms. The molecule has 1 heterocycles. The third-order valence-corrected chi connectivity index (χ3v) is 5.08. The summed E-state index contributed by atoms with van der Waals surface area (Å²) >= 11 is 0. The van der Waals surface area contributed by atoms with E-state index in [2.05, 4.69) is 0 Å². The van der Waals surface area contributed by atoms with Crippen LogP contribution in [0, 0.1) is 17.6 Å². The monoisotopic (exact) mass is 337 g/mol. The van der Waals surface area contributed by atoms with E-state index in [4.69, 9.17) is 5.11 Å². The van der Waals surface area contributed by atoms with Crippen molar-refractivity contribution in [2.45, 2.75) is 50.5 Å². The van der Waals surface area contributed by atoms with Crippen molar-refractivity contribution in [1.29, 1.82) is 0 Å². The highest BCUT2D eigenvalue weighted by molar-refractivity contribution is 5.83. The molecule has 2 aliphatic rings. The maximum atomic E-state index is 13.4. The van der Waals surface area contributed by atoms with E-state index in [0.717, 1.165) is 25.3 Å². The average Bonchev–Trinajstić information content (AvgIpc) is 3.35. The van der Waals surface area contributed by atoms with E-state index in [1.807, 2.05) is 4.90 Å². The molecule has 1 N–H and O–H groups in total. The molecule has 1 saturated heterocycles. The molecule has 0 bridgehead atoms. The zero-order valence-electron chi connectivity index (χ0n) is 13.4. The maximum absolute atomic E-state index is 13.4. The minimum absolute atomic E-state index is 0.0199. The second kappa shape index (κ2) is 6.87. The summed E-state index contributed by atoms with van der Waals surface area (Å²) in [7, 11) is 0. The van der Waals surface area contributed by atoms with Gasteiger partial charge in [-0.05, 0) is 55.7 Å². The van der Waals surface area contributed by atoms with E-state index in [-0.39, 0.29) is 30.2 Å². The molecule has 1 saturated carbocycles. The Labute approximate surface area is 139 Å². The number of amides is 1. The highest BCUT2D eigenvalue weighted by Crippen LogP contribution is 2.49. The molecule has 3 rings (SSSR count). The first-order chi connectivity index (χ1) is 11.5. The van der Waals surface area contributed by atoms with Crippen LogP contribution in [0.1, 0.15) is 50.0 Å². The van der Waals surface area contributed by atoms with Crippen molar-refractivity contribution < 1.29 is 23.5 Å². The maximum Gasteiger partial charge on any atom is 0.303 e. The molecule has 4 nitrogen and oxygen atoms in total. The van der Waals surface area contributed by atoms with Gasteiger partial charge < -0.3 is 10.0 Å². The lowest BCUT2D eigenvalue weighted by molar-refractivity contribution is -0.140. The summed E-state index contributed by atoms with van der Waals surface area (Å²) in [5, 5.41) is 8.86. The van der Waals surface area contributed by atoms with Gasteiger partial charge in [0.15, 0.2) is 11.6 Å². The van der Waals surface area contributed by atoms with Crippen LogP contribution in [0.25, 0.3) is 0 Å². The lowest BCUT2D eigenvalue weighted by Crippen LogP contribution is -2.44. The number of likely N-dealkylation sites (tertiary alicyclic amines) is 1. The van der Waals surface area contributed by atoms with Crippen LogP contribution in [-0.2, 0) is 9.59 Å². The van der Waals surface area contributed by atoms with Gasteiger partial charge in [-0.2, -0.15) is 0 Å². The van der Waals surface area contributed by atoms with Gasteiger partial charge in [-0.25, -0.2) is 8.78 Å². The number of rotatable bonds is 5. The lowest BCUT2D eigenvalue weighted by Gasteiger charge is -2.36. The van der Waals surface area contributed by atoms with Gasteiger partial charge in [-0.15, -0.1) is 0 Å². The fraction of sp³-hybridized carbons (Fsp3) is 0.556. The first kappa shape index (κ1) is 16.9. The quantitative estimate of drug-likeness (QED) is 0.897. The number of hydrogen-bond donors (Lipinski definition) is 1. The summed E-state index contributed by atoms with van der Waals surface area (Å²) in [6.07, 6.45) is 3.95. The third-order valence-electron chi connectivity index (χ3n) is 5.08. The van der Waals surface area contributed by atoms with Crippen LogP contribution in [-0.4, -0.2) is 34.5 Å². The van der Waals surface area contributed by atoms with Crippen molar-refractivity contribution in [2.75, 3.05) is 6.54 Å². The Morgan fingerprint density at radius 3 is 2.71 bits per heavy atom. The summed E-state index contributed by atoms with van der Waals surface area (Å²) in [6.45, 7) is 0.657. The lowest BCUT2D eigenvalue weighted by atomic mass is 9.97. The molecule has 2 fully saturated rings. The smallest absolute Gasteiger partial charge is 0.303 e. The molecule has 1 aromatic rings. The molecule has 1 aromatic carbocycles. The van der Waals surface area contributed by atoms with Crippen LogP contribution in [0.15, 0.2) is 18.2 Å². The van der Waals surface area contributed by atoms with Crippen LogP contribution in [0.3, 0.4) is 0 Å². The van der Waals surface area contributed by atoms with Crippen LogP contribution in [0.4, 0.5) is 8.78 Å². The zero-order valence-corrected chi connectivity index (χ0v) is 13.4. The summed E-state index contributed by atoms with van der Waals surface area (Å²) in [6, 6.07) is 3.79. The van der Waals surface area contributed by atoms with Crippen LogP contribution >= 0.6 is 0 Å². The van der Waals surface area contributed by atoms with Crippen molar-refractivity contribution >= 4 is 11.9 Å². The van der Waals surface area contributed by atoms with Crippen molar-refractivity contribution in [2.24, 2.45) is 5.92 Å². The van der Waals surface area contributed by atoms with Crippen molar-refractivity contribution in [3.63, 3.8) is 0 Å². The largest absolute Gasteiger partial charge is 0.481 e. The molecule has 6 heteroatoms. The summed E-state index contributed by atoms with van der Waals surface area (Å²) < 4.78 is 26.4. The number of nitrogens with zero attached hydrogens (tertiary/aromatic N) is 1. The van der Waals surface area contributed by atoms with E-state index in [0.29, 0.717) is 24.9 Å². The Morgan fingerprint density at radius 2 is 2.00 bits per heavy atom. The van der Waals surface area contributed by atoms with Crippen molar-refractivity contribution in [3.05, 3.63) is 35.4 Å². The Morgan fingerprint density at radius 1 is 1.21 bits per heavy atom. The first-order valence-corrected chi connectivity index (χ1v) is 8.44. The van der Waals surface area contributed by atoms with Crippen LogP contribution < -0.4 is 0 Å². The normalized spacial score (nSPS) is 26.2. The van der Waals surface area contributed by atoms with Gasteiger partial charge in [0.2, 0.25) is 5.91 Å². The molecule has 3 atom stereocenters. The second-order valence-electron chi connectivity index (χ2n) is 6.74. The minimum Gasteiger partial charge on any atom is -0.481 e. The Hall–Kier alpha value is -1.98. The average molecular weight is 337 g/mol. The SMILES string of the molecule is O=C(O)CC[C@@H]1CCCCN1C(=O)[C@@H]1C[C@@H]1c1ccc(F)c(F)c1. The van der Waals surface area contributed by atoms with Crippen LogP contribution in [0.2, 0.25) is 0 Å². The van der Waals surface area contributed by atoms with Crippen molar-refractivity contribution in [1.82, 2.24) is 4.90 Å². The van der Waals surface area contributed by atoms with Crippen molar-refractivity contribution in [3.8, 4) is 0 Å². The Bertz CT molecular complexity index is 649. The number of aliphatic carboxylic acids is 1. The number of carboxylic acid groups (broad SMARTS) is 1. The predicted octanol–water partition coefficient (Wildman–Crippen LogP) is 3.31. The zero-order chi connectivity index (χ0) is 17.3. The highest BCUT2D eigenvalue weighted by Gasteiger charge is 2.47. The van der Waals surface area contributed by atoms with Gasteiger partial charge in [0, 0.05) is 24.9 Å². The van der Waals surface area contributed by atoms with Gasteiger partial charge >= 0.3 is 5.97 Å². The molecular weight excluding hydrogens is 316 g/mol. The number of halogens is 2. The topological polar surface area (TPSA) is 57.6 Å². The predicted molar refractivity (Wildman–Crippen MR) is 83.4 cm³/mol. The number of hydrogen-bond acceptors (Lipinski definition) is 2. The first-order valence-electron chi connectivity index (χ1n) is 8.44. The van der Waals surface area contributed by atoms with Gasteiger partial charge in [0.05, 0.1) is 0 Å². The molecule has 1 aliphatic heterocycles.